The molecule has 1 spiro atoms. The molecular formula is C22H23F2N5O3. The summed E-state index contributed by atoms with van der Waals surface area (Å²) >= 11 is 0. The van der Waals surface area contributed by atoms with Crippen LogP contribution in [0.25, 0.3) is 11.3 Å². The zero-order valence-electron chi connectivity index (χ0n) is 17.6. The van der Waals surface area contributed by atoms with Crippen LogP contribution in [0.3, 0.4) is 0 Å². The highest BCUT2D eigenvalue weighted by atomic mass is 19.3. The Kier molecular flexibility index (Phi) is 4.65. The number of carbonyl (C=O) groups is 3. The number of hydrogen-bond donors (Lipinski definition) is 1. The second-order valence-electron chi connectivity index (χ2n) is 8.93. The van der Waals surface area contributed by atoms with Gasteiger partial charge in [-0.3, -0.25) is 19.5 Å². The lowest BCUT2D eigenvalue weighted by Crippen LogP contribution is -2.51. The third-order valence-corrected chi connectivity index (χ3v) is 6.65. The lowest BCUT2D eigenvalue weighted by Gasteiger charge is -2.34. The van der Waals surface area contributed by atoms with Crippen molar-refractivity contribution in [2.24, 2.45) is 7.05 Å². The summed E-state index contributed by atoms with van der Waals surface area (Å²) in [7, 11) is 1.73. The number of urea groups is 1. The number of pyridine rings is 1. The first-order valence-corrected chi connectivity index (χ1v) is 10.7. The first-order chi connectivity index (χ1) is 15.2. The maximum Gasteiger partial charge on any atom is 0.325 e. The minimum Gasteiger partial charge on any atom is -0.324 e. The number of aromatic nitrogens is 3. The molecule has 8 nitrogen and oxygen atoms in total. The number of imidazole rings is 1. The molecular weight excluding hydrogens is 420 g/mol. The molecule has 3 aliphatic rings. The first-order valence-electron chi connectivity index (χ1n) is 10.7. The van der Waals surface area contributed by atoms with E-state index in [2.05, 4.69) is 15.3 Å². The summed E-state index contributed by atoms with van der Waals surface area (Å²) in [6.07, 6.45) is 4.10. The van der Waals surface area contributed by atoms with Gasteiger partial charge in [-0.2, -0.15) is 0 Å². The normalized spacial score (nSPS) is 21.8. The van der Waals surface area contributed by atoms with Crippen LogP contribution in [-0.4, -0.2) is 55.2 Å². The highest BCUT2D eigenvalue weighted by Crippen LogP contribution is 2.44. The summed E-state index contributed by atoms with van der Waals surface area (Å²) in [5.74, 6) is -3.51. The van der Waals surface area contributed by atoms with Gasteiger partial charge >= 0.3 is 6.03 Å². The van der Waals surface area contributed by atoms with Crippen molar-refractivity contribution in [1.82, 2.24) is 24.8 Å². The van der Waals surface area contributed by atoms with E-state index in [0.29, 0.717) is 0 Å². The maximum atomic E-state index is 13.6. The van der Waals surface area contributed by atoms with Crippen molar-refractivity contribution in [3.63, 3.8) is 0 Å². The van der Waals surface area contributed by atoms with Gasteiger partial charge in [0.15, 0.2) is 5.82 Å². The van der Waals surface area contributed by atoms with Crippen LogP contribution in [0.5, 0.6) is 0 Å². The van der Waals surface area contributed by atoms with Crippen LogP contribution in [0.2, 0.25) is 0 Å². The molecule has 0 atom stereocenters. The number of Topliss-reactive ketones (excluding diaryl/α,β-unsaturated/α-hetero) is 1. The Balaban J connectivity index is 1.40. The molecule has 2 aliphatic carbocycles. The number of ketones is 1. The SMILES string of the molecule is Cn1c(C(=O)CN2C(=O)NC3(CCC(F)(F)CC3)C2=O)nc(C2CC2)c1-c1cccnc1. The van der Waals surface area contributed by atoms with Crippen molar-refractivity contribution in [2.45, 2.75) is 55.9 Å². The van der Waals surface area contributed by atoms with E-state index >= 15 is 0 Å². The average molecular weight is 443 g/mol. The van der Waals surface area contributed by atoms with Gasteiger partial charge < -0.3 is 9.88 Å². The summed E-state index contributed by atoms with van der Waals surface area (Å²) < 4.78 is 28.8. The van der Waals surface area contributed by atoms with Gasteiger partial charge in [-0.15, -0.1) is 0 Å². The van der Waals surface area contributed by atoms with Crippen LogP contribution < -0.4 is 5.32 Å². The van der Waals surface area contributed by atoms with Crippen molar-refractivity contribution in [2.75, 3.05) is 6.54 Å². The number of nitrogens with zero attached hydrogens (tertiary/aromatic N) is 4. The number of imide groups is 1. The van der Waals surface area contributed by atoms with E-state index in [1.807, 2.05) is 6.07 Å². The van der Waals surface area contributed by atoms with Gasteiger partial charge in [0.25, 0.3) is 5.91 Å². The monoisotopic (exact) mass is 443 g/mol. The minimum atomic E-state index is -2.84. The van der Waals surface area contributed by atoms with Crippen LogP contribution >= 0.6 is 0 Å². The second kappa shape index (κ2) is 7.18. The van der Waals surface area contributed by atoms with E-state index in [1.54, 1.807) is 30.1 Å². The van der Waals surface area contributed by atoms with Crippen molar-refractivity contribution < 1.29 is 23.2 Å². The molecule has 0 bridgehead atoms. The number of halogens is 2. The van der Waals surface area contributed by atoms with E-state index in [0.717, 1.165) is 34.7 Å². The van der Waals surface area contributed by atoms with Crippen molar-refractivity contribution >= 4 is 17.7 Å². The van der Waals surface area contributed by atoms with Gasteiger partial charge in [0.2, 0.25) is 11.7 Å². The summed E-state index contributed by atoms with van der Waals surface area (Å²) in [5, 5.41) is 2.57. The molecule has 2 aromatic heterocycles. The molecule has 1 N–H and O–H groups in total. The van der Waals surface area contributed by atoms with Gasteiger partial charge in [0, 0.05) is 43.8 Å². The zero-order valence-corrected chi connectivity index (χ0v) is 17.6. The van der Waals surface area contributed by atoms with Gasteiger partial charge in [0.05, 0.1) is 17.9 Å². The zero-order chi connectivity index (χ0) is 22.7. The standard InChI is InChI=1S/C22H23F2N5O3/c1-28-17(14-3-2-10-25-11-14)16(13-4-5-13)26-18(28)15(30)12-29-19(31)21(27-20(29)32)6-8-22(23,24)9-7-21/h2-3,10-11,13H,4-9,12H2,1H3,(H,27,32). The van der Waals surface area contributed by atoms with E-state index in [-0.39, 0.29) is 24.6 Å². The fourth-order valence-corrected chi connectivity index (χ4v) is 4.67. The van der Waals surface area contributed by atoms with Crippen LogP contribution in [0.1, 0.15) is 60.8 Å². The number of carbonyl (C=O) groups excluding carboxylic acids is 3. The van der Waals surface area contributed by atoms with Gasteiger partial charge in [-0.25, -0.2) is 18.6 Å². The fourth-order valence-electron chi connectivity index (χ4n) is 4.67. The van der Waals surface area contributed by atoms with E-state index < -0.39 is 48.6 Å². The van der Waals surface area contributed by atoms with E-state index in [1.165, 1.54) is 0 Å². The van der Waals surface area contributed by atoms with Gasteiger partial charge in [0.1, 0.15) is 5.54 Å². The Morgan fingerprint density at radius 2 is 1.94 bits per heavy atom. The van der Waals surface area contributed by atoms with Crippen molar-refractivity contribution in [3.8, 4) is 11.3 Å². The molecule has 168 valence electrons. The number of nitrogens with one attached hydrogen (secondary N) is 1. The smallest absolute Gasteiger partial charge is 0.324 e. The average Bonchev–Trinajstić information content (AvgIpc) is 3.51. The molecule has 1 saturated heterocycles. The van der Waals surface area contributed by atoms with Crippen LogP contribution in [0.15, 0.2) is 24.5 Å². The molecule has 2 saturated carbocycles. The first kappa shape index (κ1) is 20.7. The predicted molar refractivity (Wildman–Crippen MR) is 109 cm³/mol. The molecule has 3 fully saturated rings. The Morgan fingerprint density at radius 1 is 1.22 bits per heavy atom. The Morgan fingerprint density at radius 3 is 2.56 bits per heavy atom. The van der Waals surface area contributed by atoms with Crippen LogP contribution in [0, 0.1) is 0 Å². The van der Waals surface area contributed by atoms with Crippen LogP contribution in [-0.2, 0) is 11.8 Å². The maximum absolute atomic E-state index is 13.6. The summed E-state index contributed by atoms with van der Waals surface area (Å²) in [5.41, 5.74) is 1.10. The molecule has 5 rings (SSSR count). The summed E-state index contributed by atoms with van der Waals surface area (Å²) in [6, 6.07) is 2.98. The van der Waals surface area contributed by atoms with Crippen LogP contribution in [0.4, 0.5) is 13.6 Å². The topological polar surface area (TPSA) is 97.2 Å². The molecule has 10 heteroatoms. The third kappa shape index (κ3) is 3.37. The lowest BCUT2D eigenvalue weighted by molar-refractivity contribution is -0.135. The van der Waals surface area contributed by atoms with E-state index in [4.69, 9.17) is 0 Å². The number of amides is 3. The molecule has 3 heterocycles. The fraction of sp³-hybridized carbons (Fsp3) is 0.500. The minimum absolute atomic E-state index is 0.144. The lowest BCUT2D eigenvalue weighted by atomic mass is 9.80. The Labute approximate surface area is 183 Å². The molecule has 3 amide bonds. The number of alkyl halides is 2. The van der Waals surface area contributed by atoms with Gasteiger partial charge in [-0.05, 0) is 37.8 Å². The molecule has 0 radical (unpaired) electrons. The van der Waals surface area contributed by atoms with Crippen molar-refractivity contribution in [1.29, 1.82) is 0 Å². The molecule has 2 aromatic rings. The Bertz CT molecular complexity index is 1100. The largest absolute Gasteiger partial charge is 0.325 e. The third-order valence-electron chi connectivity index (χ3n) is 6.65. The summed E-state index contributed by atoms with van der Waals surface area (Å²) in [6.45, 7) is -0.482. The summed E-state index contributed by atoms with van der Waals surface area (Å²) in [4.78, 5) is 48.2. The molecule has 1 aliphatic heterocycles. The highest BCUT2D eigenvalue weighted by Gasteiger charge is 2.56. The quantitative estimate of drug-likeness (QED) is 0.566. The number of hydrogen-bond acceptors (Lipinski definition) is 5. The number of rotatable bonds is 5. The molecule has 0 aromatic carbocycles. The predicted octanol–water partition coefficient (Wildman–Crippen LogP) is 3.04. The molecule has 0 unspecified atom stereocenters. The van der Waals surface area contributed by atoms with Crippen molar-refractivity contribution in [3.05, 3.63) is 36.0 Å². The molecule has 32 heavy (non-hydrogen) atoms. The second-order valence-corrected chi connectivity index (χ2v) is 8.93. The van der Waals surface area contributed by atoms with Gasteiger partial charge in [-0.1, -0.05) is 0 Å². The highest BCUT2D eigenvalue weighted by molar-refractivity contribution is 6.10. The van der Waals surface area contributed by atoms with E-state index in [9.17, 15) is 23.2 Å². The Hall–Kier alpha value is -3.17.